The van der Waals surface area contributed by atoms with Gasteiger partial charge in [-0.05, 0) is 40.5 Å². The molecule has 1 N–H and O–H groups in total. The first-order valence-corrected chi connectivity index (χ1v) is 7.89. The van der Waals surface area contributed by atoms with Crippen molar-refractivity contribution < 1.29 is 9.18 Å². The van der Waals surface area contributed by atoms with E-state index in [1.807, 2.05) is 6.92 Å². The Labute approximate surface area is 126 Å². The Morgan fingerprint density at radius 1 is 1.53 bits per heavy atom. The standard InChI is InChI=1S/C12H10BrFN2OS2/c1-2-9-8(13)5-10(19-9)12(17)16-15-6-7-3-4-11(14)18-7/h3-6H,2H2,1H3,(H,16,17)/b15-6-. The third-order valence-electron chi connectivity index (χ3n) is 2.25. The van der Waals surface area contributed by atoms with Crippen LogP contribution in [-0.2, 0) is 6.42 Å². The number of carbonyl (C=O) groups excluding carboxylic acids is 1. The van der Waals surface area contributed by atoms with Crippen LogP contribution < -0.4 is 5.43 Å². The van der Waals surface area contributed by atoms with Gasteiger partial charge in [-0.15, -0.1) is 22.7 Å². The molecular weight excluding hydrogens is 351 g/mol. The molecular formula is C12H10BrFN2OS2. The highest BCUT2D eigenvalue weighted by molar-refractivity contribution is 9.10. The number of rotatable bonds is 4. The zero-order valence-corrected chi connectivity index (χ0v) is 13.2. The monoisotopic (exact) mass is 360 g/mol. The quantitative estimate of drug-likeness (QED) is 0.648. The minimum Gasteiger partial charge on any atom is -0.266 e. The molecule has 1 amide bonds. The Morgan fingerprint density at radius 2 is 2.32 bits per heavy atom. The van der Waals surface area contributed by atoms with Gasteiger partial charge in [-0.2, -0.15) is 9.49 Å². The van der Waals surface area contributed by atoms with Gasteiger partial charge in [-0.3, -0.25) is 4.79 Å². The van der Waals surface area contributed by atoms with Gasteiger partial charge in [0.25, 0.3) is 5.91 Å². The van der Waals surface area contributed by atoms with Gasteiger partial charge in [0.05, 0.1) is 16.0 Å². The zero-order valence-electron chi connectivity index (χ0n) is 9.94. The van der Waals surface area contributed by atoms with Crippen LogP contribution in [0.2, 0.25) is 0 Å². The fraction of sp³-hybridized carbons (Fsp3) is 0.167. The normalized spacial score (nSPS) is 11.1. The molecule has 0 saturated heterocycles. The predicted molar refractivity (Wildman–Crippen MR) is 80.7 cm³/mol. The molecule has 0 bridgehead atoms. The van der Waals surface area contributed by atoms with E-state index in [1.165, 1.54) is 23.6 Å². The molecule has 100 valence electrons. The van der Waals surface area contributed by atoms with Crippen molar-refractivity contribution in [2.45, 2.75) is 13.3 Å². The maximum atomic E-state index is 12.7. The van der Waals surface area contributed by atoms with Crippen LogP contribution in [0.25, 0.3) is 0 Å². The Hall–Kier alpha value is -1.05. The second-order valence-electron chi connectivity index (χ2n) is 3.58. The van der Waals surface area contributed by atoms with Gasteiger partial charge in [0.15, 0.2) is 5.13 Å². The lowest BCUT2D eigenvalue weighted by Gasteiger charge is -1.94. The van der Waals surface area contributed by atoms with E-state index in [4.69, 9.17) is 0 Å². The molecule has 0 aliphatic heterocycles. The lowest BCUT2D eigenvalue weighted by molar-refractivity contribution is 0.0959. The highest BCUT2D eigenvalue weighted by Gasteiger charge is 2.11. The summed E-state index contributed by atoms with van der Waals surface area (Å²) < 4.78 is 13.7. The molecule has 2 rings (SSSR count). The van der Waals surface area contributed by atoms with Gasteiger partial charge < -0.3 is 0 Å². The number of thiophene rings is 2. The molecule has 0 aromatic carbocycles. The van der Waals surface area contributed by atoms with E-state index in [0.29, 0.717) is 9.75 Å². The third kappa shape index (κ3) is 3.71. The van der Waals surface area contributed by atoms with Crippen molar-refractivity contribution in [3.05, 3.63) is 42.4 Å². The molecule has 0 atom stereocenters. The second kappa shape index (κ2) is 6.40. The summed E-state index contributed by atoms with van der Waals surface area (Å²) >= 11 is 5.81. The second-order valence-corrected chi connectivity index (χ2v) is 6.63. The van der Waals surface area contributed by atoms with Gasteiger partial charge in [0.1, 0.15) is 0 Å². The molecule has 2 aromatic rings. The van der Waals surface area contributed by atoms with Crippen LogP contribution in [0.4, 0.5) is 4.39 Å². The average Bonchev–Trinajstić information content (AvgIpc) is 2.95. The highest BCUT2D eigenvalue weighted by atomic mass is 79.9. The number of nitrogens with one attached hydrogen (secondary N) is 1. The molecule has 0 saturated carbocycles. The van der Waals surface area contributed by atoms with Crippen molar-refractivity contribution in [1.82, 2.24) is 5.43 Å². The Morgan fingerprint density at radius 3 is 2.89 bits per heavy atom. The SMILES string of the molecule is CCc1sc(C(=O)N/N=C\c2ccc(F)s2)cc1Br. The number of hydrogen-bond donors (Lipinski definition) is 1. The molecule has 0 unspecified atom stereocenters. The van der Waals surface area contributed by atoms with Crippen LogP contribution in [0.15, 0.2) is 27.8 Å². The summed E-state index contributed by atoms with van der Waals surface area (Å²) in [6, 6.07) is 4.74. The van der Waals surface area contributed by atoms with Gasteiger partial charge in [-0.25, -0.2) is 5.43 Å². The number of carbonyl (C=O) groups is 1. The summed E-state index contributed by atoms with van der Waals surface area (Å²) in [5.74, 6) is -0.265. The third-order valence-corrected chi connectivity index (χ3v) is 5.31. The van der Waals surface area contributed by atoms with Crippen molar-refractivity contribution in [2.75, 3.05) is 0 Å². The molecule has 0 aliphatic carbocycles. The lowest BCUT2D eigenvalue weighted by Crippen LogP contribution is -2.15. The summed E-state index contributed by atoms with van der Waals surface area (Å²) in [6.45, 7) is 2.03. The van der Waals surface area contributed by atoms with Crippen molar-refractivity contribution in [3.63, 3.8) is 0 Å². The smallest absolute Gasteiger partial charge is 0.266 e. The number of halogens is 2. The van der Waals surface area contributed by atoms with Crippen LogP contribution in [-0.4, -0.2) is 12.1 Å². The van der Waals surface area contributed by atoms with Crippen LogP contribution in [0.1, 0.15) is 26.3 Å². The molecule has 0 aliphatic rings. The fourth-order valence-corrected chi connectivity index (χ4v) is 3.75. The number of hydrazone groups is 1. The molecule has 2 aromatic heterocycles. The summed E-state index contributed by atoms with van der Waals surface area (Å²) in [4.78, 5) is 14.2. The van der Waals surface area contributed by atoms with Crippen molar-refractivity contribution in [1.29, 1.82) is 0 Å². The molecule has 0 fully saturated rings. The van der Waals surface area contributed by atoms with Crippen molar-refractivity contribution in [2.24, 2.45) is 5.10 Å². The first kappa shape index (κ1) is 14.4. The van der Waals surface area contributed by atoms with Crippen LogP contribution in [0.5, 0.6) is 0 Å². The molecule has 2 heterocycles. The Balaban J connectivity index is 1.99. The fourth-order valence-electron chi connectivity index (χ4n) is 1.37. The maximum Gasteiger partial charge on any atom is 0.281 e. The number of amides is 1. The van der Waals surface area contributed by atoms with Gasteiger partial charge in [0, 0.05) is 9.35 Å². The van der Waals surface area contributed by atoms with Crippen LogP contribution in [0.3, 0.4) is 0 Å². The summed E-state index contributed by atoms with van der Waals surface area (Å²) in [5.41, 5.74) is 2.43. The highest BCUT2D eigenvalue weighted by Crippen LogP contribution is 2.27. The van der Waals surface area contributed by atoms with Gasteiger partial charge in [-0.1, -0.05) is 6.92 Å². The topological polar surface area (TPSA) is 41.5 Å². The summed E-state index contributed by atoms with van der Waals surface area (Å²) in [5, 5.41) is 3.53. The van der Waals surface area contributed by atoms with E-state index < -0.39 is 0 Å². The van der Waals surface area contributed by atoms with Crippen LogP contribution in [0, 0.1) is 5.13 Å². The minimum atomic E-state index is -0.275. The average molecular weight is 361 g/mol. The molecule has 7 heteroatoms. The first-order chi connectivity index (χ1) is 9.10. The van der Waals surface area contributed by atoms with E-state index in [-0.39, 0.29) is 11.0 Å². The lowest BCUT2D eigenvalue weighted by atomic mass is 10.3. The first-order valence-electron chi connectivity index (χ1n) is 5.47. The molecule has 0 radical (unpaired) electrons. The van der Waals surface area contributed by atoms with Gasteiger partial charge >= 0.3 is 0 Å². The van der Waals surface area contributed by atoms with Crippen LogP contribution >= 0.6 is 38.6 Å². The van der Waals surface area contributed by atoms with Gasteiger partial charge in [0.2, 0.25) is 0 Å². The van der Waals surface area contributed by atoms with Crippen molar-refractivity contribution in [3.8, 4) is 0 Å². The van der Waals surface area contributed by atoms with E-state index in [1.54, 1.807) is 12.1 Å². The number of aryl methyl sites for hydroxylation is 1. The van der Waals surface area contributed by atoms with E-state index >= 15 is 0 Å². The Bertz CT molecular complexity index is 621. The maximum absolute atomic E-state index is 12.7. The van der Waals surface area contributed by atoms with E-state index in [9.17, 15) is 9.18 Å². The number of nitrogens with zero attached hydrogens (tertiary/aromatic N) is 1. The van der Waals surface area contributed by atoms with E-state index in [0.717, 1.165) is 27.1 Å². The number of hydrogen-bond acceptors (Lipinski definition) is 4. The summed E-state index contributed by atoms with van der Waals surface area (Å²) in [6.07, 6.45) is 2.30. The van der Waals surface area contributed by atoms with E-state index in [2.05, 4.69) is 26.5 Å². The largest absolute Gasteiger partial charge is 0.281 e. The molecule has 19 heavy (non-hydrogen) atoms. The minimum absolute atomic E-state index is 0.265. The predicted octanol–water partition coefficient (Wildman–Crippen LogP) is 4.04. The Kier molecular flexibility index (Phi) is 4.84. The summed E-state index contributed by atoms with van der Waals surface area (Å²) in [7, 11) is 0. The zero-order chi connectivity index (χ0) is 13.8. The van der Waals surface area contributed by atoms with Crippen molar-refractivity contribution >= 4 is 50.7 Å². The molecule has 3 nitrogen and oxygen atoms in total. The molecule has 0 spiro atoms.